The van der Waals surface area contributed by atoms with Crippen molar-refractivity contribution in [3.63, 3.8) is 0 Å². The van der Waals surface area contributed by atoms with Crippen molar-refractivity contribution in [3.8, 4) is 0 Å². The zero-order valence-corrected chi connectivity index (χ0v) is 14.6. The summed E-state index contributed by atoms with van der Waals surface area (Å²) in [6.45, 7) is 1.01. The quantitative estimate of drug-likeness (QED) is 0.907. The minimum absolute atomic E-state index is 0.0245. The van der Waals surface area contributed by atoms with Gasteiger partial charge in [-0.1, -0.05) is 35.3 Å². The molecule has 0 saturated carbocycles. The Hall–Kier alpha value is -1.62. The number of amides is 1. The fourth-order valence-electron chi connectivity index (χ4n) is 2.96. The Balaban J connectivity index is 1.62. The van der Waals surface area contributed by atoms with E-state index in [0.717, 1.165) is 5.56 Å². The van der Waals surface area contributed by atoms with Crippen LogP contribution in [0.5, 0.6) is 0 Å². The van der Waals surface area contributed by atoms with Gasteiger partial charge in [0.25, 0.3) is 0 Å². The summed E-state index contributed by atoms with van der Waals surface area (Å²) in [5, 5.41) is 11.7. The second-order valence-electron chi connectivity index (χ2n) is 6.05. The molecule has 24 heavy (non-hydrogen) atoms. The van der Waals surface area contributed by atoms with Gasteiger partial charge in [-0.15, -0.1) is 0 Å². The van der Waals surface area contributed by atoms with E-state index in [9.17, 15) is 9.90 Å². The van der Waals surface area contributed by atoms with Crippen LogP contribution in [0.4, 0.5) is 0 Å². The number of halogens is 2. The maximum Gasteiger partial charge on any atom is 0.226 e. The van der Waals surface area contributed by atoms with Crippen molar-refractivity contribution in [2.24, 2.45) is 0 Å². The van der Waals surface area contributed by atoms with Crippen LogP contribution >= 0.6 is 23.2 Å². The summed E-state index contributed by atoms with van der Waals surface area (Å²) in [4.78, 5) is 18.5. The number of benzene rings is 1. The molecule has 1 amide bonds. The molecule has 6 heteroatoms. The lowest BCUT2D eigenvalue weighted by Gasteiger charge is -2.37. The highest BCUT2D eigenvalue weighted by Gasteiger charge is 2.36. The highest BCUT2D eigenvalue weighted by Crippen LogP contribution is 2.31. The summed E-state index contributed by atoms with van der Waals surface area (Å²) in [5.41, 5.74) is 0.545. The lowest BCUT2D eigenvalue weighted by Crippen LogP contribution is -2.46. The lowest BCUT2D eigenvalue weighted by molar-refractivity contribution is -0.135. The summed E-state index contributed by atoms with van der Waals surface area (Å²) in [6.07, 6.45) is 2.92. The van der Waals surface area contributed by atoms with Crippen LogP contribution in [0.2, 0.25) is 10.0 Å². The fraction of sp³-hybridized carbons (Fsp3) is 0.333. The van der Waals surface area contributed by atoms with E-state index >= 15 is 0 Å². The van der Waals surface area contributed by atoms with Gasteiger partial charge in [-0.2, -0.15) is 0 Å². The van der Waals surface area contributed by atoms with Crippen LogP contribution in [0.25, 0.3) is 0 Å². The Kier molecular flexibility index (Phi) is 5.09. The third-order valence-electron chi connectivity index (χ3n) is 4.42. The molecule has 1 saturated heterocycles. The highest BCUT2D eigenvalue weighted by atomic mass is 35.5. The van der Waals surface area contributed by atoms with Gasteiger partial charge in [0.2, 0.25) is 5.91 Å². The van der Waals surface area contributed by atoms with Crippen molar-refractivity contribution in [2.75, 3.05) is 13.1 Å². The SMILES string of the molecule is O=C(Cc1ccc(Cl)c(Cl)c1)N1CCC(O)(c2ccccn2)CC1. The Morgan fingerprint density at radius 3 is 2.54 bits per heavy atom. The van der Waals surface area contributed by atoms with E-state index < -0.39 is 5.60 Å². The first-order valence-corrected chi connectivity index (χ1v) is 8.59. The van der Waals surface area contributed by atoms with Crippen LogP contribution < -0.4 is 0 Å². The largest absolute Gasteiger partial charge is 0.383 e. The molecule has 2 aromatic rings. The predicted octanol–water partition coefficient (Wildman–Crippen LogP) is 3.44. The zero-order chi connectivity index (χ0) is 17.2. The number of pyridine rings is 1. The van der Waals surface area contributed by atoms with Gasteiger partial charge in [-0.3, -0.25) is 9.78 Å². The minimum atomic E-state index is -0.957. The molecule has 1 aliphatic heterocycles. The smallest absolute Gasteiger partial charge is 0.226 e. The second kappa shape index (κ2) is 7.09. The van der Waals surface area contributed by atoms with Crippen LogP contribution in [0, 0.1) is 0 Å². The van der Waals surface area contributed by atoms with Crippen LogP contribution in [0.3, 0.4) is 0 Å². The Morgan fingerprint density at radius 1 is 1.17 bits per heavy atom. The molecule has 0 bridgehead atoms. The van der Waals surface area contributed by atoms with E-state index in [2.05, 4.69) is 4.98 Å². The molecule has 0 unspecified atom stereocenters. The van der Waals surface area contributed by atoms with E-state index in [-0.39, 0.29) is 12.3 Å². The van der Waals surface area contributed by atoms with E-state index in [1.54, 1.807) is 29.3 Å². The monoisotopic (exact) mass is 364 g/mol. The van der Waals surface area contributed by atoms with Crippen LogP contribution in [0.1, 0.15) is 24.1 Å². The summed E-state index contributed by atoms with van der Waals surface area (Å²) in [7, 11) is 0. The Bertz CT molecular complexity index is 729. The molecule has 0 aliphatic carbocycles. The van der Waals surface area contributed by atoms with Crippen LogP contribution in [-0.4, -0.2) is 34.0 Å². The van der Waals surface area contributed by atoms with Crippen molar-refractivity contribution in [1.29, 1.82) is 0 Å². The second-order valence-corrected chi connectivity index (χ2v) is 6.87. The van der Waals surface area contributed by atoms with Crippen molar-refractivity contribution in [1.82, 2.24) is 9.88 Å². The summed E-state index contributed by atoms with van der Waals surface area (Å²) in [6, 6.07) is 10.7. The molecular formula is C18H18Cl2N2O2. The highest BCUT2D eigenvalue weighted by molar-refractivity contribution is 6.42. The molecule has 1 aliphatic rings. The molecule has 0 spiro atoms. The number of carbonyl (C=O) groups excluding carboxylic acids is 1. The molecule has 1 aromatic carbocycles. The van der Waals surface area contributed by atoms with Gasteiger partial charge in [0.1, 0.15) is 5.60 Å². The van der Waals surface area contributed by atoms with Gasteiger partial charge in [-0.25, -0.2) is 0 Å². The maximum absolute atomic E-state index is 12.5. The number of aliphatic hydroxyl groups is 1. The van der Waals surface area contributed by atoms with Crippen LogP contribution in [0.15, 0.2) is 42.6 Å². The molecule has 0 radical (unpaired) electrons. The molecule has 1 aromatic heterocycles. The predicted molar refractivity (Wildman–Crippen MR) is 94.1 cm³/mol. The van der Waals surface area contributed by atoms with Crippen molar-refractivity contribution in [3.05, 3.63) is 63.9 Å². The van der Waals surface area contributed by atoms with Gasteiger partial charge >= 0.3 is 0 Å². The van der Waals surface area contributed by atoms with Crippen molar-refractivity contribution < 1.29 is 9.90 Å². The first-order valence-electron chi connectivity index (χ1n) is 7.83. The molecule has 3 rings (SSSR count). The van der Waals surface area contributed by atoms with E-state index in [4.69, 9.17) is 23.2 Å². The topological polar surface area (TPSA) is 53.4 Å². The average Bonchev–Trinajstić information content (AvgIpc) is 2.59. The fourth-order valence-corrected chi connectivity index (χ4v) is 3.28. The van der Waals surface area contributed by atoms with E-state index in [0.29, 0.717) is 41.7 Å². The van der Waals surface area contributed by atoms with Gasteiger partial charge in [0.05, 0.1) is 22.2 Å². The van der Waals surface area contributed by atoms with E-state index in [1.807, 2.05) is 18.2 Å². The number of hydrogen-bond acceptors (Lipinski definition) is 3. The molecule has 126 valence electrons. The number of carbonyl (C=O) groups is 1. The standard InChI is InChI=1S/C18H18Cl2N2O2/c19-14-5-4-13(11-15(14)20)12-17(23)22-9-6-18(24,7-10-22)16-3-1-2-8-21-16/h1-5,8,11,24H,6-7,9-10,12H2. The average molecular weight is 365 g/mol. The maximum atomic E-state index is 12.5. The van der Waals surface area contributed by atoms with Crippen LogP contribution in [-0.2, 0) is 16.8 Å². The molecule has 1 N–H and O–H groups in total. The van der Waals surface area contributed by atoms with Gasteiger partial charge in [-0.05, 0) is 42.7 Å². The normalized spacial score (nSPS) is 16.9. The van der Waals surface area contributed by atoms with Gasteiger partial charge in [0, 0.05) is 19.3 Å². The molecule has 0 atom stereocenters. The Morgan fingerprint density at radius 2 is 1.92 bits per heavy atom. The molecular weight excluding hydrogens is 347 g/mol. The first-order chi connectivity index (χ1) is 11.5. The lowest BCUT2D eigenvalue weighted by atomic mass is 9.87. The number of hydrogen-bond donors (Lipinski definition) is 1. The van der Waals surface area contributed by atoms with Crippen molar-refractivity contribution in [2.45, 2.75) is 24.9 Å². The summed E-state index contributed by atoms with van der Waals surface area (Å²) >= 11 is 11.9. The number of nitrogens with zero attached hydrogens (tertiary/aromatic N) is 2. The number of aromatic nitrogens is 1. The van der Waals surface area contributed by atoms with E-state index in [1.165, 1.54) is 0 Å². The number of rotatable bonds is 3. The number of likely N-dealkylation sites (tertiary alicyclic amines) is 1. The third kappa shape index (κ3) is 3.72. The van der Waals surface area contributed by atoms with Gasteiger partial charge < -0.3 is 10.0 Å². The zero-order valence-electron chi connectivity index (χ0n) is 13.1. The first kappa shape index (κ1) is 17.2. The molecule has 2 heterocycles. The molecule has 1 fully saturated rings. The van der Waals surface area contributed by atoms with Gasteiger partial charge in [0.15, 0.2) is 0 Å². The number of piperidine rings is 1. The Labute approximate surface area is 151 Å². The summed E-state index contributed by atoms with van der Waals surface area (Å²) in [5.74, 6) is 0.0245. The minimum Gasteiger partial charge on any atom is -0.383 e. The molecule has 4 nitrogen and oxygen atoms in total. The van der Waals surface area contributed by atoms with Crippen molar-refractivity contribution >= 4 is 29.1 Å². The summed E-state index contributed by atoms with van der Waals surface area (Å²) < 4.78 is 0. The third-order valence-corrected chi connectivity index (χ3v) is 5.16.